The van der Waals surface area contributed by atoms with E-state index in [-0.39, 0.29) is 10.7 Å². The average molecular weight is 197 g/mol. The lowest BCUT2D eigenvalue weighted by Crippen LogP contribution is -2.19. The van der Waals surface area contributed by atoms with E-state index in [1.54, 1.807) is 6.21 Å². The molecular weight excluding hydrogens is 182 g/mol. The minimum atomic E-state index is -0.0901. The Kier molecular flexibility index (Phi) is 2.45. The maximum Gasteiger partial charge on any atom is 0.191 e. The summed E-state index contributed by atoms with van der Waals surface area (Å²) in [5.41, 5.74) is 0.230. The van der Waals surface area contributed by atoms with Crippen molar-refractivity contribution in [3.63, 3.8) is 0 Å². The van der Waals surface area contributed by atoms with Gasteiger partial charge in [0.2, 0.25) is 0 Å². The van der Waals surface area contributed by atoms with Crippen LogP contribution in [0, 0.1) is 5.92 Å². The van der Waals surface area contributed by atoms with Gasteiger partial charge in [-0.05, 0) is 38.0 Å². The zero-order chi connectivity index (χ0) is 9.31. The second-order valence-electron chi connectivity index (χ2n) is 4.28. The van der Waals surface area contributed by atoms with Crippen LogP contribution >= 0.6 is 12.6 Å². The van der Waals surface area contributed by atoms with Crippen LogP contribution in [0.2, 0.25) is 0 Å². The summed E-state index contributed by atoms with van der Waals surface area (Å²) in [6.07, 6.45) is 8.55. The highest BCUT2D eigenvalue weighted by atomic mass is 32.1. The van der Waals surface area contributed by atoms with Crippen molar-refractivity contribution in [2.24, 2.45) is 10.9 Å². The summed E-state index contributed by atoms with van der Waals surface area (Å²) < 4.78 is 0. The summed E-state index contributed by atoms with van der Waals surface area (Å²) in [5, 5.41) is -0.0901. The lowest BCUT2D eigenvalue weighted by molar-refractivity contribution is -0.109. The monoisotopic (exact) mass is 197 g/mol. The molecule has 0 aromatic heterocycles. The van der Waals surface area contributed by atoms with Gasteiger partial charge in [-0.3, -0.25) is 9.79 Å². The number of fused-ring (bicyclic) bond motifs is 2. The van der Waals surface area contributed by atoms with Crippen LogP contribution < -0.4 is 0 Å². The second kappa shape index (κ2) is 3.45. The lowest BCUT2D eigenvalue weighted by Gasteiger charge is -2.20. The van der Waals surface area contributed by atoms with Crippen LogP contribution in [0.1, 0.15) is 38.5 Å². The summed E-state index contributed by atoms with van der Waals surface area (Å²) in [6.45, 7) is 0. The molecule has 2 fully saturated rings. The molecule has 0 aliphatic heterocycles. The average Bonchev–Trinajstić information content (AvgIpc) is 2.62. The fraction of sp³-hybridized carbons (Fsp3) is 0.800. The molecule has 2 aliphatic rings. The molecule has 0 unspecified atom stereocenters. The Hall–Kier alpha value is -0.310. The van der Waals surface area contributed by atoms with Gasteiger partial charge in [0.1, 0.15) is 0 Å². The van der Waals surface area contributed by atoms with Crippen molar-refractivity contribution in [3.8, 4) is 0 Å². The van der Waals surface area contributed by atoms with Gasteiger partial charge in [0.15, 0.2) is 5.12 Å². The highest BCUT2D eigenvalue weighted by Gasteiger charge is 2.44. The number of carbonyl (C=O) groups is 1. The predicted octanol–water partition coefficient (Wildman–Crippen LogP) is 2.24. The number of carbonyl (C=O) groups excluding carboxylic acids is 1. The quantitative estimate of drug-likeness (QED) is 0.545. The first kappa shape index (κ1) is 9.25. The minimum Gasteiger partial charge on any atom is -0.290 e. The molecular formula is C10H15NOS. The van der Waals surface area contributed by atoms with E-state index in [0.29, 0.717) is 6.42 Å². The van der Waals surface area contributed by atoms with Crippen molar-refractivity contribution in [2.45, 2.75) is 44.1 Å². The first-order valence-corrected chi connectivity index (χ1v) is 5.40. The highest BCUT2D eigenvalue weighted by molar-refractivity contribution is 7.96. The van der Waals surface area contributed by atoms with E-state index >= 15 is 0 Å². The van der Waals surface area contributed by atoms with Crippen LogP contribution in [0.5, 0.6) is 0 Å². The smallest absolute Gasteiger partial charge is 0.191 e. The predicted molar refractivity (Wildman–Crippen MR) is 56.4 cm³/mol. The lowest BCUT2D eigenvalue weighted by atomic mass is 9.95. The van der Waals surface area contributed by atoms with E-state index in [1.807, 2.05) is 0 Å². The number of aliphatic imine (C=N–C) groups is 1. The van der Waals surface area contributed by atoms with Crippen LogP contribution in [-0.4, -0.2) is 16.9 Å². The summed E-state index contributed by atoms with van der Waals surface area (Å²) in [4.78, 5) is 15.2. The molecule has 2 aliphatic carbocycles. The standard InChI is InChI=1S/C10H15NOS/c12-9(13)3-6-11-10-4-1-8(7-10)2-5-10/h6,8H,1-5,7H2,(H,12,13). The van der Waals surface area contributed by atoms with Crippen molar-refractivity contribution in [3.05, 3.63) is 0 Å². The van der Waals surface area contributed by atoms with E-state index in [0.717, 1.165) is 5.92 Å². The Bertz CT molecular complexity index is 241. The van der Waals surface area contributed by atoms with Crippen LogP contribution in [0.25, 0.3) is 0 Å². The molecule has 2 rings (SSSR count). The Balaban J connectivity index is 1.93. The molecule has 0 radical (unpaired) electrons. The summed E-state index contributed by atoms with van der Waals surface area (Å²) in [6, 6.07) is 0. The topological polar surface area (TPSA) is 29.4 Å². The van der Waals surface area contributed by atoms with Gasteiger partial charge in [-0.1, -0.05) is 0 Å². The third kappa shape index (κ3) is 1.96. The molecule has 0 amide bonds. The normalized spacial score (nSPS) is 37.5. The van der Waals surface area contributed by atoms with E-state index < -0.39 is 0 Å². The number of thiol groups is 1. The van der Waals surface area contributed by atoms with Gasteiger partial charge in [0.05, 0.1) is 12.0 Å². The van der Waals surface area contributed by atoms with Gasteiger partial charge in [-0.25, -0.2) is 0 Å². The molecule has 0 aromatic rings. The number of hydrogen-bond donors (Lipinski definition) is 1. The molecule has 2 nitrogen and oxygen atoms in total. The zero-order valence-electron chi connectivity index (χ0n) is 7.70. The summed E-state index contributed by atoms with van der Waals surface area (Å²) in [7, 11) is 0. The van der Waals surface area contributed by atoms with Crippen molar-refractivity contribution >= 4 is 24.0 Å². The largest absolute Gasteiger partial charge is 0.290 e. The first-order chi connectivity index (χ1) is 6.20. The Morgan fingerprint density at radius 1 is 1.54 bits per heavy atom. The molecule has 0 atom stereocenters. The van der Waals surface area contributed by atoms with Crippen molar-refractivity contribution in [1.29, 1.82) is 0 Å². The third-order valence-electron chi connectivity index (χ3n) is 3.34. The summed E-state index contributed by atoms with van der Waals surface area (Å²) >= 11 is 3.71. The maximum atomic E-state index is 10.6. The fourth-order valence-electron chi connectivity index (χ4n) is 2.66. The molecule has 2 bridgehead atoms. The molecule has 72 valence electrons. The van der Waals surface area contributed by atoms with E-state index in [2.05, 4.69) is 17.6 Å². The fourth-order valence-corrected chi connectivity index (χ4v) is 2.74. The highest BCUT2D eigenvalue weighted by Crippen LogP contribution is 2.49. The molecule has 0 saturated heterocycles. The van der Waals surface area contributed by atoms with Crippen LogP contribution in [0.3, 0.4) is 0 Å². The maximum absolute atomic E-state index is 10.6. The van der Waals surface area contributed by atoms with Crippen LogP contribution in [-0.2, 0) is 4.79 Å². The molecule has 13 heavy (non-hydrogen) atoms. The Morgan fingerprint density at radius 2 is 2.23 bits per heavy atom. The van der Waals surface area contributed by atoms with Crippen LogP contribution in [0.15, 0.2) is 4.99 Å². The molecule has 0 aromatic carbocycles. The molecule has 3 heteroatoms. The number of nitrogens with zero attached hydrogens (tertiary/aromatic N) is 1. The van der Waals surface area contributed by atoms with Gasteiger partial charge >= 0.3 is 0 Å². The Morgan fingerprint density at radius 3 is 2.69 bits per heavy atom. The van der Waals surface area contributed by atoms with Gasteiger partial charge in [-0.15, -0.1) is 12.6 Å². The SMILES string of the molecule is O=C(S)CC=NC12CCC(CC1)C2. The first-order valence-electron chi connectivity index (χ1n) is 4.96. The molecule has 0 N–H and O–H groups in total. The van der Waals surface area contributed by atoms with Gasteiger partial charge in [0, 0.05) is 6.21 Å². The zero-order valence-corrected chi connectivity index (χ0v) is 8.59. The van der Waals surface area contributed by atoms with Gasteiger partial charge in [-0.2, -0.15) is 0 Å². The number of hydrogen-bond acceptors (Lipinski definition) is 2. The van der Waals surface area contributed by atoms with E-state index in [1.165, 1.54) is 32.1 Å². The van der Waals surface area contributed by atoms with E-state index in [9.17, 15) is 4.79 Å². The van der Waals surface area contributed by atoms with Crippen molar-refractivity contribution in [1.82, 2.24) is 0 Å². The third-order valence-corrected chi connectivity index (χ3v) is 3.52. The van der Waals surface area contributed by atoms with Crippen LogP contribution in [0.4, 0.5) is 0 Å². The second-order valence-corrected chi connectivity index (χ2v) is 4.78. The van der Waals surface area contributed by atoms with Gasteiger partial charge in [0.25, 0.3) is 0 Å². The van der Waals surface area contributed by atoms with Crippen molar-refractivity contribution < 1.29 is 4.79 Å². The minimum absolute atomic E-state index is 0.0901. The van der Waals surface area contributed by atoms with E-state index in [4.69, 9.17) is 0 Å². The van der Waals surface area contributed by atoms with Gasteiger partial charge < -0.3 is 0 Å². The molecule has 0 heterocycles. The Labute approximate surface area is 84.2 Å². The summed E-state index contributed by atoms with van der Waals surface area (Å²) in [5.74, 6) is 0.920. The molecule has 2 saturated carbocycles. The van der Waals surface area contributed by atoms with Crippen molar-refractivity contribution in [2.75, 3.05) is 0 Å². The number of rotatable bonds is 3. The molecule has 0 spiro atoms.